The van der Waals surface area contributed by atoms with E-state index in [1.807, 2.05) is 11.3 Å². The first-order chi connectivity index (χ1) is 16.9. The molecule has 9 nitrogen and oxygen atoms in total. The van der Waals surface area contributed by atoms with Gasteiger partial charge in [-0.3, -0.25) is 9.80 Å². The Balaban J connectivity index is 0.000000404. The third-order valence-corrected chi connectivity index (χ3v) is 6.11. The van der Waals surface area contributed by atoms with E-state index < -0.39 is 24.3 Å². The molecule has 0 aromatic carbocycles. The second-order valence-electron chi connectivity index (χ2n) is 8.34. The number of aryl methyl sites for hydroxylation is 1. The molecule has 3 heterocycles. The van der Waals surface area contributed by atoms with Gasteiger partial charge >= 0.3 is 24.3 Å². The van der Waals surface area contributed by atoms with Gasteiger partial charge in [0.2, 0.25) is 0 Å². The highest BCUT2D eigenvalue weighted by Crippen LogP contribution is 2.19. The molecule has 16 heteroatoms. The molecule has 2 N–H and O–H groups in total. The van der Waals surface area contributed by atoms with E-state index in [9.17, 15) is 26.3 Å². The molecule has 0 saturated carbocycles. The highest BCUT2D eigenvalue weighted by molar-refractivity contribution is 7.11. The van der Waals surface area contributed by atoms with Crippen LogP contribution in [0.15, 0.2) is 12.1 Å². The summed E-state index contributed by atoms with van der Waals surface area (Å²) in [5, 5.41) is 23.1. The van der Waals surface area contributed by atoms with Crippen molar-refractivity contribution in [3.8, 4) is 0 Å². The first-order valence-corrected chi connectivity index (χ1v) is 11.7. The lowest BCUT2D eigenvalue weighted by Gasteiger charge is -2.21. The number of carboxylic acids is 2. The van der Waals surface area contributed by atoms with Gasteiger partial charge in [-0.15, -0.1) is 21.5 Å². The predicted octanol–water partition coefficient (Wildman–Crippen LogP) is 3.81. The summed E-state index contributed by atoms with van der Waals surface area (Å²) in [5.74, 6) is -3.27. The highest BCUT2D eigenvalue weighted by Gasteiger charge is 2.38. The van der Waals surface area contributed by atoms with Gasteiger partial charge in [0.05, 0.1) is 6.54 Å². The molecule has 0 atom stereocenters. The minimum atomic E-state index is -5.08. The van der Waals surface area contributed by atoms with Crippen molar-refractivity contribution in [2.24, 2.45) is 0 Å². The lowest BCUT2D eigenvalue weighted by Crippen LogP contribution is -2.29. The van der Waals surface area contributed by atoms with E-state index >= 15 is 0 Å². The molecule has 210 valence electrons. The number of hydrogen-bond donors (Lipinski definition) is 2. The minimum Gasteiger partial charge on any atom is -0.475 e. The maximum Gasteiger partial charge on any atom is 0.490 e. The smallest absolute Gasteiger partial charge is 0.475 e. The third kappa shape index (κ3) is 11.5. The fourth-order valence-corrected chi connectivity index (χ4v) is 3.83. The highest BCUT2D eigenvalue weighted by atomic mass is 32.1. The molecule has 1 aliphatic rings. The summed E-state index contributed by atoms with van der Waals surface area (Å²) >= 11 is 1.91. The Bertz CT molecular complexity index is 998. The molecule has 0 saturated heterocycles. The van der Waals surface area contributed by atoms with E-state index in [1.165, 1.54) is 9.75 Å². The first-order valence-electron chi connectivity index (χ1n) is 10.9. The molecule has 37 heavy (non-hydrogen) atoms. The maximum absolute atomic E-state index is 10.6. The van der Waals surface area contributed by atoms with Crippen molar-refractivity contribution >= 4 is 23.3 Å². The summed E-state index contributed by atoms with van der Waals surface area (Å²) in [4.78, 5) is 25.5. The van der Waals surface area contributed by atoms with E-state index in [0.717, 1.165) is 50.8 Å². The van der Waals surface area contributed by atoms with Crippen LogP contribution in [0.25, 0.3) is 0 Å². The average Bonchev–Trinajstić information content (AvgIpc) is 3.28. The van der Waals surface area contributed by atoms with Crippen molar-refractivity contribution in [3.63, 3.8) is 0 Å². The van der Waals surface area contributed by atoms with Crippen LogP contribution in [0.2, 0.25) is 0 Å². The molecule has 0 amide bonds. The Morgan fingerprint density at radius 1 is 1.03 bits per heavy atom. The van der Waals surface area contributed by atoms with Crippen LogP contribution < -0.4 is 0 Å². The summed E-state index contributed by atoms with van der Waals surface area (Å²) in [5.41, 5.74) is 0. The van der Waals surface area contributed by atoms with E-state index in [2.05, 4.69) is 64.5 Å². The standard InChI is InChI=1S/C17H27N5S.2C2HF3O2/c1-13(2)20(4)12-17-19-18-16-7-8-21(9-10-22(16)17)11-15-6-5-14(3)23-15;2*3-2(4,5)1(6)7/h5-6,13H,7-12H2,1-4H3;2*(H,6,7). The molecule has 2 aromatic heterocycles. The monoisotopic (exact) mass is 561 g/mol. The van der Waals surface area contributed by atoms with E-state index in [4.69, 9.17) is 19.8 Å². The molecular formula is C21H29F6N5O4S. The van der Waals surface area contributed by atoms with Gasteiger partial charge in [-0.05, 0) is 40.0 Å². The number of aliphatic carboxylic acids is 2. The summed E-state index contributed by atoms with van der Waals surface area (Å²) in [6, 6.07) is 4.99. The number of halogens is 6. The van der Waals surface area contributed by atoms with Crippen LogP contribution in [0.4, 0.5) is 26.3 Å². The number of alkyl halides is 6. The zero-order chi connectivity index (χ0) is 28.6. The number of aromatic nitrogens is 3. The van der Waals surface area contributed by atoms with Gasteiger partial charge in [0, 0.05) is 48.4 Å². The van der Waals surface area contributed by atoms with Gasteiger partial charge in [0.1, 0.15) is 11.6 Å². The van der Waals surface area contributed by atoms with Crippen molar-refractivity contribution in [3.05, 3.63) is 33.5 Å². The van der Waals surface area contributed by atoms with Crippen molar-refractivity contribution < 1.29 is 46.1 Å². The van der Waals surface area contributed by atoms with Gasteiger partial charge < -0.3 is 14.8 Å². The van der Waals surface area contributed by atoms with Crippen LogP contribution in [0, 0.1) is 6.92 Å². The number of thiophene rings is 1. The predicted molar refractivity (Wildman–Crippen MR) is 122 cm³/mol. The summed E-state index contributed by atoms with van der Waals surface area (Å²) in [6.07, 6.45) is -9.18. The SMILES string of the molecule is Cc1ccc(CN2CCc3nnc(CN(C)C(C)C)n3CC2)s1.O=C(O)C(F)(F)F.O=C(O)C(F)(F)F. The largest absolute Gasteiger partial charge is 0.490 e. The Kier molecular flexibility index (Phi) is 12.0. The molecular weight excluding hydrogens is 532 g/mol. The van der Waals surface area contributed by atoms with Crippen molar-refractivity contribution in [2.45, 2.75) is 65.2 Å². The van der Waals surface area contributed by atoms with Crippen LogP contribution >= 0.6 is 11.3 Å². The summed E-state index contributed by atoms with van der Waals surface area (Å²) in [6.45, 7) is 11.7. The zero-order valence-corrected chi connectivity index (χ0v) is 21.4. The number of carboxylic acid groups (broad SMARTS) is 2. The third-order valence-electron chi connectivity index (χ3n) is 5.13. The molecule has 2 aromatic rings. The van der Waals surface area contributed by atoms with Crippen LogP contribution in [0.3, 0.4) is 0 Å². The average molecular weight is 562 g/mol. The summed E-state index contributed by atoms with van der Waals surface area (Å²) < 4.78 is 65.8. The molecule has 1 aliphatic heterocycles. The number of fused-ring (bicyclic) bond motifs is 1. The number of carbonyl (C=O) groups is 2. The minimum absolute atomic E-state index is 0.521. The van der Waals surface area contributed by atoms with Crippen LogP contribution in [0.5, 0.6) is 0 Å². The van der Waals surface area contributed by atoms with Gasteiger partial charge in [0.25, 0.3) is 0 Å². The lowest BCUT2D eigenvalue weighted by atomic mass is 10.3. The Labute approximate surface area is 213 Å². The van der Waals surface area contributed by atoms with Crippen molar-refractivity contribution in [1.29, 1.82) is 0 Å². The zero-order valence-electron chi connectivity index (χ0n) is 20.6. The van der Waals surface area contributed by atoms with Gasteiger partial charge in [-0.1, -0.05) is 0 Å². The van der Waals surface area contributed by atoms with E-state index in [0.29, 0.717) is 6.04 Å². The van der Waals surface area contributed by atoms with Gasteiger partial charge in [-0.25, -0.2) is 9.59 Å². The molecule has 3 rings (SSSR count). The van der Waals surface area contributed by atoms with Gasteiger partial charge in [0.15, 0.2) is 0 Å². The fourth-order valence-electron chi connectivity index (χ4n) is 2.90. The Morgan fingerprint density at radius 2 is 1.57 bits per heavy atom. The Hall–Kier alpha value is -2.72. The summed E-state index contributed by atoms with van der Waals surface area (Å²) in [7, 11) is 2.15. The van der Waals surface area contributed by atoms with Crippen LogP contribution in [-0.4, -0.2) is 85.2 Å². The molecule has 0 spiro atoms. The Morgan fingerprint density at radius 3 is 2.00 bits per heavy atom. The maximum atomic E-state index is 10.6. The van der Waals surface area contributed by atoms with Gasteiger partial charge in [-0.2, -0.15) is 26.3 Å². The number of rotatable bonds is 5. The number of nitrogens with zero attached hydrogens (tertiary/aromatic N) is 5. The number of hydrogen-bond acceptors (Lipinski definition) is 7. The van der Waals surface area contributed by atoms with Crippen molar-refractivity contribution in [2.75, 3.05) is 20.1 Å². The topological polar surface area (TPSA) is 112 Å². The van der Waals surface area contributed by atoms with E-state index in [-0.39, 0.29) is 0 Å². The molecule has 0 unspecified atom stereocenters. The molecule has 0 bridgehead atoms. The fraction of sp³-hybridized carbons (Fsp3) is 0.619. The molecule has 0 fully saturated rings. The van der Waals surface area contributed by atoms with Crippen LogP contribution in [0.1, 0.15) is 35.3 Å². The second-order valence-corrected chi connectivity index (χ2v) is 9.71. The van der Waals surface area contributed by atoms with Crippen LogP contribution in [-0.2, 0) is 35.6 Å². The molecule has 0 aliphatic carbocycles. The first kappa shape index (κ1) is 32.3. The van der Waals surface area contributed by atoms with E-state index in [1.54, 1.807) is 0 Å². The lowest BCUT2D eigenvalue weighted by molar-refractivity contribution is -0.193. The normalized spacial score (nSPS) is 14.3. The quantitative estimate of drug-likeness (QED) is 0.531. The second kappa shape index (κ2) is 13.7. The molecule has 0 radical (unpaired) electrons. The van der Waals surface area contributed by atoms with Crippen molar-refractivity contribution in [1.82, 2.24) is 24.6 Å².